The molecule has 0 unspecified atom stereocenters. The first-order chi connectivity index (χ1) is 8.93. The molecule has 0 bridgehead atoms. The summed E-state index contributed by atoms with van der Waals surface area (Å²) in [4.78, 5) is 34.1. The zero-order valence-corrected chi connectivity index (χ0v) is 12.6. The third-order valence-corrected chi connectivity index (χ3v) is 2.92. The van der Waals surface area contributed by atoms with Crippen LogP contribution in [0.3, 0.4) is 0 Å². The number of urea groups is 1. The first-order valence-electron chi connectivity index (χ1n) is 5.43. The molecule has 0 fully saturated rings. The lowest BCUT2D eigenvalue weighted by molar-refractivity contribution is -0.127. The fraction of sp³-hybridized carbons (Fsp3) is 0.250. The summed E-state index contributed by atoms with van der Waals surface area (Å²) in [6.45, 7) is 1.39. The number of esters is 1. The Bertz CT molecular complexity index is 487. The maximum absolute atomic E-state index is 11.7. The van der Waals surface area contributed by atoms with Gasteiger partial charge in [0, 0.05) is 10.6 Å². The second-order valence-corrected chi connectivity index (χ2v) is 4.87. The van der Waals surface area contributed by atoms with Gasteiger partial charge in [-0.05, 0) is 53.8 Å². The van der Waals surface area contributed by atoms with Crippen LogP contribution in [0.1, 0.15) is 17.3 Å². The number of amides is 3. The van der Waals surface area contributed by atoms with E-state index in [1.54, 1.807) is 24.3 Å². The summed E-state index contributed by atoms with van der Waals surface area (Å²) in [5, 5.41) is 4.26. The Labute approximate surface area is 124 Å². The number of carbonyl (C=O) groups is 3. The van der Waals surface area contributed by atoms with Crippen LogP contribution in [-0.2, 0) is 9.53 Å². The molecule has 0 radical (unpaired) electrons. The number of rotatable bonds is 3. The minimum Gasteiger partial charge on any atom is -0.449 e. The van der Waals surface area contributed by atoms with Gasteiger partial charge in [0.05, 0.1) is 5.56 Å². The molecule has 0 aliphatic carbocycles. The topological polar surface area (TPSA) is 84.5 Å². The van der Waals surface area contributed by atoms with Gasteiger partial charge in [-0.15, -0.1) is 0 Å². The van der Waals surface area contributed by atoms with E-state index in [1.807, 2.05) is 5.32 Å². The molecular formula is C12H13IN2O4. The lowest BCUT2D eigenvalue weighted by Crippen LogP contribution is -2.43. The van der Waals surface area contributed by atoms with Crippen molar-refractivity contribution in [2.24, 2.45) is 0 Å². The van der Waals surface area contributed by atoms with E-state index < -0.39 is 24.0 Å². The van der Waals surface area contributed by atoms with Crippen LogP contribution >= 0.6 is 22.6 Å². The van der Waals surface area contributed by atoms with Crippen LogP contribution in [0.15, 0.2) is 24.3 Å². The third kappa shape index (κ3) is 4.86. The average Bonchev–Trinajstić information content (AvgIpc) is 2.38. The molecule has 3 amide bonds. The molecule has 1 aromatic rings. The van der Waals surface area contributed by atoms with E-state index in [-0.39, 0.29) is 0 Å². The molecule has 7 heteroatoms. The highest BCUT2D eigenvalue weighted by molar-refractivity contribution is 14.1. The highest BCUT2D eigenvalue weighted by Gasteiger charge is 2.20. The summed E-state index contributed by atoms with van der Waals surface area (Å²) < 4.78 is 5.94. The van der Waals surface area contributed by atoms with Crippen molar-refractivity contribution < 1.29 is 19.1 Å². The minimum absolute atomic E-state index is 0.347. The molecule has 0 aliphatic heterocycles. The lowest BCUT2D eigenvalue weighted by Gasteiger charge is -2.12. The zero-order valence-electron chi connectivity index (χ0n) is 10.4. The Morgan fingerprint density at radius 3 is 2.32 bits per heavy atom. The van der Waals surface area contributed by atoms with Crippen molar-refractivity contribution in [1.82, 2.24) is 10.6 Å². The average molecular weight is 376 g/mol. The lowest BCUT2D eigenvalue weighted by atomic mass is 10.2. The van der Waals surface area contributed by atoms with Gasteiger partial charge in [-0.3, -0.25) is 10.1 Å². The van der Waals surface area contributed by atoms with Gasteiger partial charge in [0.1, 0.15) is 0 Å². The van der Waals surface area contributed by atoms with Gasteiger partial charge in [-0.2, -0.15) is 0 Å². The van der Waals surface area contributed by atoms with Crippen LogP contribution in [0, 0.1) is 3.57 Å². The van der Waals surface area contributed by atoms with Gasteiger partial charge >= 0.3 is 12.0 Å². The van der Waals surface area contributed by atoms with Crippen LogP contribution in [0.4, 0.5) is 4.79 Å². The number of imide groups is 1. The van der Waals surface area contributed by atoms with Gasteiger partial charge in [-0.25, -0.2) is 9.59 Å². The highest BCUT2D eigenvalue weighted by Crippen LogP contribution is 2.09. The van der Waals surface area contributed by atoms with Crippen molar-refractivity contribution in [3.63, 3.8) is 0 Å². The van der Waals surface area contributed by atoms with Crippen molar-refractivity contribution >= 4 is 40.5 Å². The fourth-order valence-corrected chi connectivity index (χ4v) is 1.50. The van der Waals surface area contributed by atoms with E-state index in [1.165, 1.54) is 14.0 Å². The first-order valence-corrected chi connectivity index (χ1v) is 6.51. The Morgan fingerprint density at radius 2 is 1.79 bits per heavy atom. The zero-order chi connectivity index (χ0) is 14.4. The van der Waals surface area contributed by atoms with Gasteiger partial charge in [0.2, 0.25) is 0 Å². The monoisotopic (exact) mass is 376 g/mol. The van der Waals surface area contributed by atoms with E-state index in [0.717, 1.165) is 3.57 Å². The van der Waals surface area contributed by atoms with E-state index in [0.29, 0.717) is 5.56 Å². The van der Waals surface area contributed by atoms with Crippen molar-refractivity contribution in [3.05, 3.63) is 33.4 Å². The molecule has 0 saturated heterocycles. The smallest absolute Gasteiger partial charge is 0.338 e. The molecule has 0 spiro atoms. The van der Waals surface area contributed by atoms with E-state index in [4.69, 9.17) is 4.74 Å². The third-order valence-electron chi connectivity index (χ3n) is 2.20. The van der Waals surface area contributed by atoms with Crippen LogP contribution < -0.4 is 10.6 Å². The molecule has 0 heterocycles. The fourth-order valence-electron chi connectivity index (χ4n) is 1.14. The van der Waals surface area contributed by atoms with Gasteiger partial charge in [0.25, 0.3) is 5.91 Å². The quantitative estimate of drug-likeness (QED) is 0.615. The predicted molar refractivity (Wildman–Crippen MR) is 76.6 cm³/mol. The van der Waals surface area contributed by atoms with Gasteiger partial charge in [-0.1, -0.05) is 0 Å². The van der Waals surface area contributed by atoms with Crippen molar-refractivity contribution in [1.29, 1.82) is 0 Å². The summed E-state index contributed by atoms with van der Waals surface area (Å²) in [5.41, 5.74) is 0.347. The first kappa shape index (κ1) is 15.4. The Hall–Kier alpha value is -1.64. The molecule has 1 aromatic carbocycles. The Kier molecular flexibility index (Phi) is 5.74. The molecule has 1 atom stereocenters. The molecule has 0 aromatic heterocycles. The largest absolute Gasteiger partial charge is 0.449 e. The van der Waals surface area contributed by atoms with E-state index >= 15 is 0 Å². The molecule has 0 aliphatic rings. The molecule has 19 heavy (non-hydrogen) atoms. The highest BCUT2D eigenvalue weighted by atomic mass is 127. The Balaban J connectivity index is 2.59. The summed E-state index contributed by atoms with van der Waals surface area (Å²) in [6, 6.07) is 6.07. The number of hydrogen-bond acceptors (Lipinski definition) is 4. The second kappa shape index (κ2) is 7.07. The van der Waals surface area contributed by atoms with Gasteiger partial charge in [0.15, 0.2) is 6.10 Å². The molecule has 1 rings (SSSR count). The van der Waals surface area contributed by atoms with Crippen LogP contribution in [0.25, 0.3) is 0 Å². The van der Waals surface area contributed by atoms with Crippen LogP contribution in [0.5, 0.6) is 0 Å². The molecule has 0 saturated carbocycles. The van der Waals surface area contributed by atoms with E-state index in [9.17, 15) is 14.4 Å². The van der Waals surface area contributed by atoms with Crippen LogP contribution in [-0.4, -0.2) is 31.1 Å². The number of nitrogens with one attached hydrogen (secondary N) is 2. The number of halogens is 1. The van der Waals surface area contributed by atoms with Crippen molar-refractivity contribution in [3.8, 4) is 0 Å². The van der Waals surface area contributed by atoms with Gasteiger partial charge < -0.3 is 10.1 Å². The molecule has 6 nitrogen and oxygen atoms in total. The minimum atomic E-state index is -1.05. The number of carbonyl (C=O) groups excluding carboxylic acids is 3. The summed E-state index contributed by atoms with van der Waals surface area (Å²) >= 11 is 2.11. The summed E-state index contributed by atoms with van der Waals surface area (Å²) in [7, 11) is 1.38. The van der Waals surface area contributed by atoms with Crippen molar-refractivity contribution in [2.75, 3.05) is 7.05 Å². The summed E-state index contributed by atoms with van der Waals surface area (Å²) in [5.74, 6) is -1.30. The maximum Gasteiger partial charge on any atom is 0.338 e. The molecule has 2 N–H and O–H groups in total. The second-order valence-electron chi connectivity index (χ2n) is 3.62. The van der Waals surface area contributed by atoms with Crippen LogP contribution in [0.2, 0.25) is 0 Å². The Morgan fingerprint density at radius 1 is 1.21 bits per heavy atom. The number of ether oxygens (including phenoxy) is 1. The standard InChI is InChI=1S/C12H13IN2O4/c1-7(10(16)15-12(18)14-2)19-11(17)8-3-5-9(13)6-4-8/h3-7H,1-2H3,(H2,14,15,16,18)/t7-/m1/s1. The normalized spacial score (nSPS) is 11.3. The number of hydrogen-bond donors (Lipinski definition) is 2. The SMILES string of the molecule is CNC(=O)NC(=O)[C@@H](C)OC(=O)c1ccc(I)cc1. The maximum atomic E-state index is 11.7. The number of benzene rings is 1. The predicted octanol–water partition coefficient (Wildman–Crippen LogP) is 1.29. The summed E-state index contributed by atoms with van der Waals surface area (Å²) in [6.07, 6.45) is -1.05. The van der Waals surface area contributed by atoms with Crippen molar-refractivity contribution in [2.45, 2.75) is 13.0 Å². The molecule has 102 valence electrons. The molecular weight excluding hydrogens is 363 g/mol. The van der Waals surface area contributed by atoms with E-state index in [2.05, 4.69) is 27.9 Å².